The van der Waals surface area contributed by atoms with Crippen LogP contribution < -0.4 is 24.7 Å². The number of hydrogen-bond acceptors (Lipinski definition) is 7. The SMILES string of the molecule is CCOc1cc(C2C(C#N)=C(N)Oc3cc(OC(=O)c4ccc(Br)cc4)ccc32)ccc1OCc1ccccc1Cl. The van der Waals surface area contributed by atoms with Crippen molar-refractivity contribution in [3.8, 4) is 29.1 Å². The molecule has 0 bridgehead atoms. The van der Waals surface area contributed by atoms with Gasteiger partial charge in [-0.05, 0) is 61.0 Å². The molecule has 0 aliphatic carbocycles. The third-order valence-corrected chi connectivity index (χ3v) is 7.32. The van der Waals surface area contributed by atoms with E-state index in [-0.39, 0.29) is 23.8 Å². The van der Waals surface area contributed by atoms with Crippen LogP contribution in [0.1, 0.15) is 39.9 Å². The molecule has 9 heteroatoms. The zero-order valence-corrected chi connectivity index (χ0v) is 24.2. The first-order valence-corrected chi connectivity index (χ1v) is 13.9. The number of carbonyl (C=O) groups excluding carboxylic acids is 1. The van der Waals surface area contributed by atoms with Gasteiger partial charge in [0.25, 0.3) is 0 Å². The number of halogens is 2. The number of nitrogens with two attached hydrogens (primary N) is 1. The molecule has 1 aliphatic heterocycles. The van der Waals surface area contributed by atoms with E-state index in [2.05, 4.69) is 22.0 Å². The topological polar surface area (TPSA) is 104 Å². The summed E-state index contributed by atoms with van der Waals surface area (Å²) in [7, 11) is 0. The van der Waals surface area contributed by atoms with Gasteiger partial charge in [0.05, 0.1) is 18.1 Å². The molecule has 4 aromatic carbocycles. The Morgan fingerprint density at radius 1 is 1.02 bits per heavy atom. The van der Waals surface area contributed by atoms with Crippen LogP contribution in [0, 0.1) is 11.3 Å². The van der Waals surface area contributed by atoms with Gasteiger partial charge in [-0.2, -0.15) is 5.26 Å². The second-order valence-corrected chi connectivity index (χ2v) is 10.4. The van der Waals surface area contributed by atoms with Crippen molar-refractivity contribution in [1.29, 1.82) is 5.26 Å². The van der Waals surface area contributed by atoms with Crippen LogP contribution >= 0.6 is 27.5 Å². The average molecular weight is 632 g/mol. The van der Waals surface area contributed by atoms with Crippen LogP contribution in [0.2, 0.25) is 5.02 Å². The quantitative estimate of drug-likeness (QED) is 0.158. The largest absolute Gasteiger partial charge is 0.490 e. The minimum atomic E-state index is -0.545. The highest BCUT2D eigenvalue weighted by molar-refractivity contribution is 9.10. The molecule has 0 saturated heterocycles. The van der Waals surface area contributed by atoms with Gasteiger partial charge in [0.2, 0.25) is 5.88 Å². The van der Waals surface area contributed by atoms with Gasteiger partial charge in [-0.3, -0.25) is 0 Å². The Balaban J connectivity index is 1.45. The predicted octanol–water partition coefficient (Wildman–Crippen LogP) is 7.52. The summed E-state index contributed by atoms with van der Waals surface area (Å²) in [5.41, 5.74) is 9.13. The minimum absolute atomic E-state index is 0.0293. The van der Waals surface area contributed by atoms with Crippen molar-refractivity contribution in [2.24, 2.45) is 5.73 Å². The molecule has 1 aliphatic rings. The van der Waals surface area contributed by atoms with E-state index in [0.717, 1.165) is 15.6 Å². The average Bonchev–Trinajstić information content (AvgIpc) is 2.97. The fraction of sp³-hybridized carbons (Fsp3) is 0.125. The Hall–Kier alpha value is -4.45. The number of hydrogen-bond donors (Lipinski definition) is 1. The molecule has 2 N–H and O–H groups in total. The van der Waals surface area contributed by atoms with E-state index in [0.29, 0.717) is 40.0 Å². The molecule has 41 heavy (non-hydrogen) atoms. The molecular weight excluding hydrogens is 608 g/mol. The highest BCUT2D eigenvalue weighted by Crippen LogP contribution is 2.45. The summed E-state index contributed by atoms with van der Waals surface area (Å²) in [6, 6.07) is 27.0. The first kappa shape index (κ1) is 28.1. The third-order valence-electron chi connectivity index (χ3n) is 6.42. The van der Waals surface area contributed by atoms with Crippen molar-refractivity contribution in [3.63, 3.8) is 0 Å². The summed E-state index contributed by atoms with van der Waals surface area (Å²) in [4.78, 5) is 12.6. The summed E-state index contributed by atoms with van der Waals surface area (Å²) in [5.74, 6) is 0.621. The first-order valence-electron chi connectivity index (χ1n) is 12.7. The fourth-order valence-corrected chi connectivity index (χ4v) is 4.91. The van der Waals surface area contributed by atoms with Crippen LogP contribution in [0.25, 0.3) is 0 Å². The lowest BCUT2D eigenvalue weighted by Crippen LogP contribution is -2.21. The number of nitrogens with zero attached hydrogens (tertiary/aromatic N) is 1. The predicted molar refractivity (Wildman–Crippen MR) is 158 cm³/mol. The number of allylic oxidation sites excluding steroid dienone is 1. The lowest BCUT2D eigenvalue weighted by atomic mass is 9.83. The molecule has 0 saturated carbocycles. The number of rotatable bonds is 8. The summed E-state index contributed by atoms with van der Waals surface area (Å²) in [6.45, 7) is 2.55. The Morgan fingerprint density at radius 2 is 1.80 bits per heavy atom. The number of fused-ring (bicyclic) bond motifs is 1. The van der Waals surface area contributed by atoms with E-state index in [9.17, 15) is 10.1 Å². The molecule has 0 radical (unpaired) electrons. The van der Waals surface area contributed by atoms with Crippen molar-refractivity contribution >= 4 is 33.5 Å². The highest BCUT2D eigenvalue weighted by atomic mass is 79.9. The van der Waals surface area contributed by atoms with Crippen LogP contribution in [-0.4, -0.2) is 12.6 Å². The lowest BCUT2D eigenvalue weighted by Gasteiger charge is -2.27. The molecule has 0 amide bonds. The van der Waals surface area contributed by atoms with Crippen LogP contribution in [0.4, 0.5) is 0 Å². The molecule has 1 unspecified atom stereocenters. The molecule has 1 atom stereocenters. The normalized spacial score (nSPS) is 14.0. The van der Waals surface area contributed by atoms with Crippen molar-refractivity contribution in [3.05, 3.63) is 128 Å². The number of carbonyl (C=O) groups is 1. The molecule has 0 spiro atoms. The van der Waals surface area contributed by atoms with Crippen LogP contribution in [0.15, 0.2) is 101 Å². The maximum Gasteiger partial charge on any atom is 0.343 e. The molecular formula is C32H24BrClN2O5. The standard InChI is InChI=1S/C32H24BrClN2O5/c1-2-38-29-15-20(9-14-27(29)39-18-21-5-3-4-6-26(21)34)30-24-13-12-23(16-28(24)41-31(36)25(30)17-35)40-32(37)19-7-10-22(33)11-8-19/h3-16,30H,2,18,36H2,1H3. The summed E-state index contributed by atoms with van der Waals surface area (Å²) in [6.07, 6.45) is 0. The highest BCUT2D eigenvalue weighted by Gasteiger charge is 2.32. The van der Waals surface area contributed by atoms with E-state index in [1.165, 1.54) is 0 Å². The summed E-state index contributed by atoms with van der Waals surface area (Å²) < 4.78 is 24.2. The molecule has 0 fully saturated rings. The van der Waals surface area contributed by atoms with Crippen molar-refractivity contribution in [2.45, 2.75) is 19.4 Å². The van der Waals surface area contributed by atoms with Gasteiger partial charge in [0, 0.05) is 26.7 Å². The van der Waals surface area contributed by atoms with Gasteiger partial charge < -0.3 is 24.7 Å². The summed E-state index contributed by atoms with van der Waals surface area (Å²) in [5, 5.41) is 10.6. The van der Waals surface area contributed by atoms with Crippen molar-refractivity contribution < 1.29 is 23.7 Å². The van der Waals surface area contributed by atoms with E-state index in [4.69, 9.17) is 36.3 Å². The zero-order chi connectivity index (χ0) is 28.9. The molecule has 206 valence electrons. The molecule has 1 heterocycles. The maximum absolute atomic E-state index is 12.6. The molecule has 0 aromatic heterocycles. The number of benzene rings is 4. The van der Waals surface area contributed by atoms with Crippen LogP contribution in [-0.2, 0) is 6.61 Å². The Morgan fingerprint density at radius 3 is 2.54 bits per heavy atom. The zero-order valence-electron chi connectivity index (χ0n) is 21.9. The number of esters is 1. The smallest absolute Gasteiger partial charge is 0.343 e. The van der Waals surface area contributed by atoms with Crippen molar-refractivity contribution in [1.82, 2.24) is 0 Å². The fourth-order valence-electron chi connectivity index (χ4n) is 4.46. The van der Waals surface area contributed by atoms with E-state index >= 15 is 0 Å². The monoisotopic (exact) mass is 630 g/mol. The first-order chi connectivity index (χ1) is 19.9. The van der Waals surface area contributed by atoms with Crippen molar-refractivity contribution in [2.75, 3.05) is 6.61 Å². The Bertz CT molecular complexity index is 1680. The molecule has 5 rings (SSSR count). The second-order valence-electron chi connectivity index (χ2n) is 9.04. The Labute approximate surface area is 250 Å². The van der Waals surface area contributed by atoms with Gasteiger partial charge >= 0.3 is 5.97 Å². The van der Waals surface area contributed by atoms with Gasteiger partial charge in [0.15, 0.2) is 11.5 Å². The molecule has 7 nitrogen and oxygen atoms in total. The van der Waals surface area contributed by atoms with E-state index in [1.54, 1.807) is 48.5 Å². The minimum Gasteiger partial charge on any atom is -0.490 e. The van der Waals surface area contributed by atoms with Gasteiger partial charge in [-0.15, -0.1) is 0 Å². The second kappa shape index (κ2) is 12.4. The Kier molecular flexibility index (Phi) is 8.48. The third kappa shape index (κ3) is 6.17. The van der Waals surface area contributed by atoms with E-state index in [1.807, 2.05) is 43.3 Å². The van der Waals surface area contributed by atoms with E-state index < -0.39 is 11.9 Å². The van der Waals surface area contributed by atoms with Gasteiger partial charge in [0.1, 0.15) is 29.7 Å². The summed E-state index contributed by atoms with van der Waals surface area (Å²) >= 11 is 9.64. The number of nitriles is 1. The van der Waals surface area contributed by atoms with Crippen LogP contribution in [0.3, 0.4) is 0 Å². The van der Waals surface area contributed by atoms with Gasteiger partial charge in [-0.1, -0.05) is 57.9 Å². The molecule has 4 aromatic rings. The van der Waals surface area contributed by atoms with Gasteiger partial charge in [-0.25, -0.2) is 4.79 Å². The van der Waals surface area contributed by atoms with Crippen LogP contribution in [0.5, 0.6) is 23.0 Å². The number of ether oxygens (including phenoxy) is 4. The lowest BCUT2D eigenvalue weighted by molar-refractivity contribution is 0.0734. The maximum atomic E-state index is 12.6.